The molecule has 0 bridgehead atoms. The van der Waals surface area contributed by atoms with Gasteiger partial charge >= 0.3 is 0 Å². The van der Waals surface area contributed by atoms with E-state index in [9.17, 15) is 9.18 Å². The van der Waals surface area contributed by atoms with Crippen LogP contribution in [-0.4, -0.2) is 5.78 Å². The Morgan fingerprint density at radius 1 is 1.11 bits per heavy atom. The second-order valence-electron chi connectivity index (χ2n) is 5.06. The third-order valence-electron chi connectivity index (χ3n) is 3.37. The van der Waals surface area contributed by atoms with E-state index in [1.165, 1.54) is 0 Å². The van der Waals surface area contributed by atoms with Gasteiger partial charge < -0.3 is 0 Å². The highest BCUT2D eigenvalue weighted by molar-refractivity contribution is 5.98. The molecule has 1 aromatic carbocycles. The predicted molar refractivity (Wildman–Crippen MR) is 73.5 cm³/mol. The van der Waals surface area contributed by atoms with Crippen molar-refractivity contribution in [2.75, 3.05) is 0 Å². The molecule has 0 aliphatic rings. The number of halogens is 1. The maximum absolute atomic E-state index is 13.6. The number of rotatable bonds is 6. The van der Waals surface area contributed by atoms with E-state index in [0.29, 0.717) is 16.7 Å². The summed E-state index contributed by atoms with van der Waals surface area (Å²) in [6.45, 7) is 7.62. The van der Waals surface area contributed by atoms with Gasteiger partial charge in [-0.2, -0.15) is 0 Å². The third kappa shape index (κ3) is 3.41. The van der Waals surface area contributed by atoms with Crippen LogP contribution in [0.15, 0.2) is 12.1 Å². The maximum Gasteiger partial charge on any atom is 0.165 e. The number of benzene rings is 1. The number of aryl methyl sites for hydroxylation is 2. The van der Waals surface area contributed by atoms with Gasteiger partial charge in [0.05, 0.1) is 0 Å². The molecule has 0 atom stereocenters. The number of carbonyl (C=O) groups is 1. The number of hydrogen-bond acceptors (Lipinski definition) is 1. The fourth-order valence-electron chi connectivity index (χ4n) is 2.43. The van der Waals surface area contributed by atoms with Gasteiger partial charge in [0, 0.05) is 11.5 Å². The van der Waals surface area contributed by atoms with Gasteiger partial charge in [-0.1, -0.05) is 26.7 Å². The lowest BCUT2D eigenvalue weighted by Crippen LogP contribution is -2.15. The number of ketones is 1. The van der Waals surface area contributed by atoms with E-state index in [4.69, 9.17) is 0 Å². The first kappa shape index (κ1) is 14.9. The smallest absolute Gasteiger partial charge is 0.165 e. The first-order valence-corrected chi connectivity index (χ1v) is 6.82. The Bertz CT molecular complexity index is 394. The summed E-state index contributed by atoms with van der Waals surface area (Å²) in [5.74, 6) is 0.0586. The monoisotopic (exact) mass is 250 g/mol. The van der Waals surface area contributed by atoms with Crippen molar-refractivity contribution in [1.29, 1.82) is 0 Å². The van der Waals surface area contributed by atoms with E-state index in [2.05, 4.69) is 13.8 Å². The molecule has 0 unspecified atom stereocenters. The second-order valence-corrected chi connectivity index (χ2v) is 5.06. The molecule has 100 valence electrons. The molecule has 0 aromatic heterocycles. The minimum absolute atomic E-state index is 0.0873. The SMILES string of the molecule is CCCC(CCC)C(=O)c1cc(C)c(F)c(C)c1. The van der Waals surface area contributed by atoms with Crippen LogP contribution in [0.5, 0.6) is 0 Å². The Balaban J connectivity index is 3.01. The van der Waals surface area contributed by atoms with Gasteiger partial charge in [0.25, 0.3) is 0 Å². The molecule has 0 spiro atoms. The van der Waals surface area contributed by atoms with Crippen LogP contribution in [-0.2, 0) is 0 Å². The largest absolute Gasteiger partial charge is 0.294 e. The highest BCUT2D eigenvalue weighted by atomic mass is 19.1. The van der Waals surface area contributed by atoms with E-state index < -0.39 is 0 Å². The topological polar surface area (TPSA) is 17.1 Å². The van der Waals surface area contributed by atoms with Crippen LogP contribution in [0.4, 0.5) is 4.39 Å². The second kappa shape index (κ2) is 6.67. The molecule has 1 rings (SSSR count). The number of Topliss-reactive ketones (excluding diaryl/α,β-unsaturated/α-hetero) is 1. The van der Waals surface area contributed by atoms with Gasteiger partial charge in [-0.05, 0) is 49.9 Å². The van der Waals surface area contributed by atoms with Crippen molar-refractivity contribution in [2.45, 2.75) is 53.4 Å². The highest BCUT2D eigenvalue weighted by Crippen LogP contribution is 2.22. The molecule has 1 nitrogen and oxygen atoms in total. The molecule has 0 radical (unpaired) electrons. The lowest BCUT2D eigenvalue weighted by Gasteiger charge is -2.15. The van der Waals surface area contributed by atoms with E-state index in [-0.39, 0.29) is 17.5 Å². The molecule has 0 heterocycles. The van der Waals surface area contributed by atoms with Gasteiger partial charge in [-0.25, -0.2) is 4.39 Å². The predicted octanol–water partition coefficient (Wildman–Crippen LogP) is 4.84. The van der Waals surface area contributed by atoms with Gasteiger partial charge in [-0.15, -0.1) is 0 Å². The molecule has 0 amide bonds. The quantitative estimate of drug-likeness (QED) is 0.660. The minimum atomic E-state index is -0.200. The molecule has 1 aromatic rings. The van der Waals surface area contributed by atoms with E-state index in [0.717, 1.165) is 25.7 Å². The number of carbonyl (C=O) groups excluding carboxylic acids is 1. The Kier molecular flexibility index (Phi) is 5.52. The zero-order valence-corrected chi connectivity index (χ0v) is 11.8. The van der Waals surface area contributed by atoms with Gasteiger partial charge in [0.15, 0.2) is 5.78 Å². The molecule has 0 N–H and O–H groups in total. The maximum atomic E-state index is 13.6. The van der Waals surface area contributed by atoms with Crippen molar-refractivity contribution < 1.29 is 9.18 Å². The highest BCUT2D eigenvalue weighted by Gasteiger charge is 2.19. The lowest BCUT2D eigenvalue weighted by atomic mass is 9.88. The molecular weight excluding hydrogens is 227 g/mol. The molecule has 0 aliphatic heterocycles. The van der Waals surface area contributed by atoms with E-state index in [1.807, 2.05) is 0 Å². The van der Waals surface area contributed by atoms with Crippen molar-refractivity contribution in [3.63, 3.8) is 0 Å². The Hall–Kier alpha value is -1.18. The van der Waals surface area contributed by atoms with Gasteiger partial charge in [0.1, 0.15) is 5.82 Å². The first-order chi connectivity index (χ1) is 8.51. The van der Waals surface area contributed by atoms with Crippen molar-refractivity contribution in [3.8, 4) is 0 Å². The Morgan fingerprint density at radius 3 is 1.94 bits per heavy atom. The Labute approximate surface area is 109 Å². The molecule has 0 fully saturated rings. The third-order valence-corrected chi connectivity index (χ3v) is 3.37. The number of hydrogen-bond donors (Lipinski definition) is 0. The zero-order chi connectivity index (χ0) is 13.7. The summed E-state index contributed by atoms with van der Waals surface area (Å²) in [6.07, 6.45) is 3.86. The zero-order valence-electron chi connectivity index (χ0n) is 11.8. The summed E-state index contributed by atoms with van der Waals surface area (Å²) in [7, 11) is 0. The first-order valence-electron chi connectivity index (χ1n) is 6.82. The van der Waals surface area contributed by atoms with Crippen molar-refractivity contribution in [1.82, 2.24) is 0 Å². The molecule has 0 saturated heterocycles. The summed E-state index contributed by atoms with van der Waals surface area (Å²) in [4.78, 5) is 12.4. The standard InChI is InChI=1S/C16H23FO/c1-5-7-13(8-6-2)16(18)14-9-11(3)15(17)12(4)10-14/h9-10,13H,5-8H2,1-4H3. The van der Waals surface area contributed by atoms with Crippen LogP contribution >= 0.6 is 0 Å². The Morgan fingerprint density at radius 2 is 1.56 bits per heavy atom. The lowest BCUT2D eigenvalue weighted by molar-refractivity contribution is 0.0904. The summed E-state index contributed by atoms with van der Waals surface area (Å²) < 4.78 is 13.6. The fourth-order valence-corrected chi connectivity index (χ4v) is 2.43. The van der Waals surface area contributed by atoms with Crippen LogP contribution < -0.4 is 0 Å². The van der Waals surface area contributed by atoms with Crippen LogP contribution in [0, 0.1) is 25.6 Å². The minimum Gasteiger partial charge on any atom is -0.294 e. The summed E-state index contributed by atoms with van der Waals surface area (Å²) in [5.41, 5.74) is 1.79. The molecular formula is C16H23FO. The average molecular weight is 250 g/mol. The summed E-state index contributed by atoms with van der Waals surface area (Å²) >= 11 is 0. The van der Waals surface area contributed by atoms with Crippen molar-refractivity contribution >= 4 is 5.78 Å². The van der Waals surface area contributed by atoms with Gasteiger partial charge in [-0.3, -0.25) is 4.79 Å². The van der Waals surface area contributed by atoms with Crippen LogP contribution in [0.3, 0.4) is 0 Å². The van der Waals surface area contributed by atoms with E-state index in [1.54, 1.807) is 26.0 Å². The van der Waals surface area contributed by atoms with Crippen LogP contribution in [0.25, 0.3) is 0 Å². The average Bonchev–Trinajstić information content (AvgIpc) is 2.34. The van der Waals surface area contributed by atoms with Crippen LogP contribution in [0.2, 0.25) is 0 Å². The van der Waals surface area contributed by atoms with Crippen LogP contribution in [0.1, 0.15) is 61.0 Å². The molecule has 18 heavy (non-hydrogen) atoms. The van der Waals surface area contributed by atoms with Gasteiger partial charge in [0.2, 0.25) is 0 Å². The molecule has 0 aliphatic carbocycles. The summed E-state index contributed by atoms with van der Waals surface area (Å²) in [5, 5.41) is 0. The fraction of sp³-hybridized carbons (Fsp3) is 0.562. The summed E-state index contributed by atoms with van der Waals surface area (Å²) in [6, 6.07) is 3.37. The van der Waals surface area contributed by atoms with E-state index >= 15 is 0 Å². The molecule has 0 saturated carbocycles. The van der Waals surface area contributed by atoms with Crippen molar-refractivity contribution in [2.24, 2.45) is 5.92 Å². The van der Waals surface area contributed by atoms with Crippen molar-refractivity contribution in [3.05, 3.63) is 34.6 Å². The molecule has 2 heteroatoms. The normalized spacial score (nSPS) is 11.0.